The van der Waals surface area contributed by atoms with Gasteiger partial charge >= 0.3 is 0 Å². The van der Waals surface area contributed by atoms with Gasteiger partial charge in [0.2, 0.25) is 0 Å². The average Bonchev–Trinajstić information content (AvgIpc) is 2.30. The summed E-state index contributed by atoms with van der Waals surface area (Å²) in [6, 6.07) is 7.43. The number of nitrogens with two attached hydrogens (primary N) is 1. The molecule has 17 heavy (non-hydrogen) atoms. The number of benzene rings is 1. The van der Waals surface area contributed by atoms with Gasteiger partial charge < -0.3 is 15.8 Å². The van der Waals surface area contributed by atoms with Gasteiger partial charge in [0, 0.05) is 13.2 Å². The third-order valence-electron chi connectivity index (χ3n) is 2.24. The molecule has 0 aromatic heterocycles. The van der Waals surface area contributed by atoms with Crippen LogP contribution < -0.4 is 11.1 Å². The minimum atomic E-state index is 0.498. The number of nitrogens with zero attached hydrogens (tertiary/aromatic N) is 1. The van der Waals surface area contributed by atoms with Crippen LogP contribution >= 0.6 is 0 Å². The maximum absolute atomic E-state index is 8.83. The Bertz CT molecular complexity index is 396. The third kappa shape index (κ3) is 4.33. The van der Waals surface area contributed by atoms with Crippen LogP contribution in [0, 0.1) is 17.2 Å². The standard InChI is InChI=1S/C13H19N3O/c1-10(2)9-17-7-6-16-12-5-3-4-11(8-14)13(12)15/h3-5,10,16H,6-7,9,15H2,1-2H3. The largest absolute Gasteiger partial charge is 0.396 e. The summed E-state index contributed by atoms with van der Waals surface area (Å²) in [5.74, 6) is 0.544. The zero-order chi connectivity index (χ0) is 12.7. The van der Waals surface area contributed by atoms with Gasteiger partial charge in [-0.1, -0.05) is 19.9 Å². The lowest BCUT2D eigenvalue weighted by molar-refractivity contribution is 0.118. The summed E-state index contributed by atoms with van der Waals surface area (Å²) in [6.45, 7) is 6.30. The first-order valence-electron chi connectivity index (χ1n) is 5.75. The van der Waals surface area contributed by atoms with Crippen molar-refractivity contribution in [2.45, 2.75) is 13.8 Å². The molecule has 0 atom stereocenters. The summed E-state index contributed by atoms with van der Waals surface area (Å²) < 4.78 is 5.44. The van der Waals surface area contributed by atoms with Crippen LogP contribution in [0.2, 0.25) is 0 Å². The van der Waals surface area contributed by atoms with Gasteiger partial charge in [-0.15, -0.1) is 0 Å². The molecule has 0 spiro atoms. The summed E-state index contributed by atoms with van der Waals surface area (Å²) in [5.41, 5.74) is 7.62. The number of nitrogens with one attached hydrogen (secondary N) is 1. The molecule has 0 bridgehead atoms. The smallest absolute Gasteiger partial charge is 0.101 e. The van der Waals surface area contributed by atoms with Crippen LogP contribution in [0.3, 0.4) is 0 Å². The van der Waals surface area contributed by atoms with Gasteiger partial charge in [-0.05, 0) is 18.1 Å². The molecule has 0 radical (unpaired) electrons. The topological polar surface area (TPSA) is 71.1 Å². The molecule has 0 aliphatic rings. The van der Waals surface area contributed by atoms with E-state index in [9.17, 15) is 0 Å². The lowest BCUT2D eigenvalue weighted by Crippen LogP contribution is -2.13. The molecule has 0 saturated heterocycles. The van der Waals surface area contributed by atoms with Crippen LogP contribution in [-0.4, -0.2) is 19.8 Å². The van der Waals surface area contributed by atoms with Crippen LogP contribution in [0.25, 0.3) is 0 Å². The maximum Gasteiger partial charge on any atom is 0.101 e. The Kier molecular flexibility index (Phi) is 5.31. The Morgan fingerprint density at radius 2 is 2.24 bits per heavy atom. The van der Waals surface area contributed by atoms with Crippen molar-refractivity contribution < 1.29 is 4.74 Å². The second kappa shape index (κ2) is 6.77. The van der Waals surface area contributed by atoms with Crippen molar-refractivity contribution in [2.24, 2.45) is 5.92 Å². The molecule has 3 N–H and O–H groups in total. The Hall–Kier alpha value is -1.73. The summed E-state index contributed by atoms with van der Waals surface area (Å²) in [7, 11) is 0. The van der Waals surface area contributed by atoms with Crippen molar-refractivity contribution in [1.29, 1.82) is 5.26 Å². The van der Waals surface area contributed by atoms with Crippen LogP contribution in [0.1, 0.15) is 19.4 Å². The molecule has 0 fully saturated rings. The minimum Gasteiger partial charge on any atom is -0.396 e. The lowest BCUT2D eigenvalue weighted by Gasteiger charge is -2.11. The van der Waals surface area contributed by atoms with E-state index in [4.69, 9.17) is 15.7 Å². The van der Waals surface area contributed by atoms with Crippen LogP contribution in [0.4, 0.5) is 11.4 Å². The molecule has 1 aromatic rings. The van der Waals surface area contributed by atoms with E-state index < -0.39 is 0 Å². The fourth-order valence-electron chi connectivity index (χ4n) is 1.39. The van der Waals surface area contributed by atoms with E-state index >= 15 is 0 Å². The molecule has 1 aromatic carbocycles. The first-order chi connectivity index (χ1) is 8.15. The van der Waals surface area contributed by atoms with Gasteiger partial charge in [-0.3, -0.25) is 0 Å². The highest BCUT2D eigenvalue weighted by Gasteiger charge is 2.03. The second-order valence-electron chi connectivity index (χ2n) is 4.27. The van der Waals surface area contributed by atoms with E-state index in [1.165, 1.54) is 0 Å². The normalized spacial score (nSPS) is 10.2. The number of hydrogen-bond acceptors (Lipinski definition) is 4. The molecule has 0 amide bonds. The van der Waals surface area contributed by atoms with Crippen LogP contribution in [0.5, 0.6) is 0 Å². The first-order valence-corrected chi connectivity index (χ1v) is 5.75. The fourth-order valence-corrected chi connectivity index (χ4v) is 1.39. The zero-order valence-electron chi connectivity index (χ0n) is 10.4. The summed E-state index contributed by atoms with van der Waals surface area (Å²) in [5, 5.41) is 12.0. The average molecular weight is 233 g/mol. The van der Waals surface area contributed by atoms with E-state index in [1.54, 1.807) is 6.07 Å². The monoisotopic (exact) mass is 233 g/mol. The lowest BCUT2D eigenvalue weighted by atomic mass is 10.1. The molecule has 4 nitrogen and oxygen atoms in total. The molecular formula is C13H19N3O. The van der Waals surface area contributed by atoms with Crippen molar-refractivity contribution in [3.05, 3.63) is 23.8 Å². The predicted molar refractivity (Wildman–Crippen MR) is 69.7 cm³/mol. The van der Waals surface area contributed by atoms with Crippen molar-refractivity contribution >= 4 is 11.4 Å². The van der Waals surface area contributed by atoms with Crippen LogP contribution in [0.15, 0.2) is 18.2 Å². The maximum atomic E-state index is 8.83. The summed E-state index contributed by atoms with van der Waals surface area (Å²) in [6.07, 6.45) is 0. The van der Waals surface area contributed by atoms with Crippen LogP contribution in [-0.2, 0) is 4.74 Å². The van der Waals surface area contributed by atoms with E-state index in [2.05, 4.69) is 25.2 Å². The van der Waals surface area contributed by atoms with Crippen molar-refractivity contribution in [1.82, 2.24) is 0 Å². The predicted octanol–water partition coefficient (Wildman–Crippen LogP) is 2.22. The van der Waals surface area contributed by atoms with E-state index in [0.717, 1.165) is 12.3 Å². The summed E-state index contributed by atoms with van der Waals surface area (Å²) >= 11 is 0. The summed E-state index contributed by atoms with van der Waals surface area (Å²) in [4.78, 5) is 0. The van der Waals surface area contributed by atoms with Gasteiger partial charge in [0.1, 0.15) is 6.07 Å². The number of nitriles is 1. The van der Waals surface area contributed by atoms with E-state index in [-0.39, 0.29) is 0 Å². The van der Waals surface area contributed by atoms with E-state index in [0.29, 0.717) is 30.3 Å². The van der Waals surface area contributed by atoms with Gasteiger partial charge in [0.25, 0.3) is 0 Å². The van der Waals surface area contributed by atoms with Crippen molar-refractivity contribution in [3.8, 4) is 6.07 Å². The van der Waals surface area contributed by atoms with E-state index in [1.807, 2.05) is 12.1 Å². The molecule has 0 heterocycles. The number of nitrogen functional groups attached to an aromatic ring is 1. The Morgan fingerprint density at radius 3 is 2.88 bits per heavy atom. The molecule has 1 rings (SSSR count). The van der Waals surface area contributed by atoms with Gasteiger partial charge in [-0.2, -0.15) is 5.26 Å². The third-order valence-corrected chi connectivity index (χ3v) is 2.24. The van der Waals surface area contributed by atoms with Gasteiger partial charge in [-0.25, -0.2) is 0 Å². The number of para-hydroxylation sites is 1. The molecule has 0 aliphatic carbocycles. The number of ether oxygens (including phenoxy) is 1. The second-order valence-corrected chi connectivity index (χ2v) is 4.27. The van der Waals surface area contributed by atoms with Crippen molar-refractivity contribution in [3.63, 3.8) is 0 Å². The van der Waals surface area contributed by atoms with Gasteiger partial charge in [0.15, 0.2) is 0 Å². The molecule has 0 unspecified atom stereocenters. The molecular weight excluding hydrogens is 214 g/mol. The fraction of sp³-hybridized carbons (Fsp3) is 0.462. The van der Waals surface area contributed by atoms with Gasteiger partial charge in [0.05, 0.1) is 23.5 Å². The zero-order valence-corrected chi connectivity index (χ0v) is 10.4. The molecule has 0 saturated carbocycles. The molecule has 4 heteroatoms. The number of hydrogen-bond donors (Lipinski definition) is 2. The highest BCUT2D eigenvalue weighted by Crippen LogP contribution is 2.21. The minimum absolute atomic E-state index is 0.498. The number of anilines is 2. The first kappa shape index (κ1) is 13.3. The Balaban J connectivity index is 2.40. The quantitative estimate of drug-likeness (QED) is 0.584. The molecule has 0 aliphatic heterocycles. The highest BCUT2D eigenvalue weighted by atomic mass is 16.5. The molecule has 92 valence electrons. The highest BCUT2D eigenvalue weighted by molar-refractivity contribution is 5.72. The Morgan fingerprint density at radius 1 is 1.47 bits per heavy atom. The Labute approximate surface area is 102 Å². The van der Waals surface area contributed by atoms with Crippen molar-refractivity contribution in [2.75, 3.05) is 30.8 Å². The number of rotatable bonds is 6. The SMILES string of the molecule is CC(C)COCCNc1cccc(C#N)c1N.